The van der Waals surface area contributed by atoms with Gasteiger partial charge in [0.05, 0.1) is 36.3 Å². The Morgan fingerprint density at radius 2 is 2.21 bits per heavy atom. The van der Waals surface area contributed by atoms with Gasteiger partial charge in [-0.3, -0.25) is 19.4 Å². The summed E-state index contributed by atoms with van der Waals surface area (Å²) in [6.45, 7) is 8.34. The SMILES string of the molecule is CCCn1nc(C)c(C(=O)N2CCO[C@H](c3cnccn3)C2)c1C. The van der Waals surface area contributed by atoms with Crippen LogP contribution in [0.4, 0.5) is 0 Å². The molecule has 128 valence electrons. The van der Waals surface area contributed by atoms with Gasteiger partial charge in [-0.25, -0.2) is 0 Å². The molecule has 7 heteroatoms. The molecule has 3 heterocycles. The number of carbonyl (C=O) groups is 1. The lowest BCUT2D eigenvalue weighted by Crippen LogP contribution is -2.42. The van der Waals surface area contributed by atoms with Crippen LogP contribution < -0.4 is 0 Å². The first kappa shape index (κ1) is 16.6. The third-order valence-corrected chi connectivity index (χ3v) is 4.30. The van der Waals surface area contributed by atoms with Gasteiger partial charge < -0.3 is 9.64 Å². The van der Waals surface area contributed by atoms with Crippen LogP contribution in [-0.4, -0.2) is 50.3 Å². The topological polar surface area (TPSA) is 73.1 Å². The van der Waals surface area contributed by atoms with Gasteiger partial charge in [0.15, 0.2) is 0 Å². The summed E-state index contributed by atoms with van der Waals surface area (Å²) < 4.78 is 7.69. The Bertz CT molecular complexity index is 713. The number of hydrogen-bond donors (Lipinski definition) is 0. The fourth-order valence-electron chi connectivity index (χ4n) is 3.08. The molecular weight excluding hydrogens is 306 g/mol. The number of hydrogen-bond acceptors (Lipinski definition) is 5. The first-order chi connectivity index (χ1) is 11.6. The van der Waals surface area contributed by atoms with Crippen LogP contribution >= 0.6 is 0 Å². The predicted molar refractivity (Wildman–Crippen MR) is 88.6 cm³/mol. The summed E-state index contributed by atoms with van der Waals surface area (Å²) in [5.74, 6) is 0.0181. The molecule has 0 spiro atoms. The number of amides is 1. The predicted octanol–water partition coefficient (Wildman–Crippen LogP) is 1.91. The van der Waals surface area contributed by atoms with Gasteiger partial charge in [0.1, 0.15) is 6.10 Å². The zero-order valence-electron chi connectivity index (χ0n) is 14.4. The Kier molecular flexibility index (Phi) is 4.89. The highest BCUT2D eigenvalue weighted by molar-refractivity contribution is 5.96. The van der Waals surface area contributed by atoms with Gasteiger partial charge in [0.2, 0.25) is 0 Å². The van der Waals surface area contributed by atoms with Crippen molar-refractivity contribution in [3.8, 4) is 0 Å². The molecule has 0 bridgehead atoms. The average molecular weight is 329 g/mol. The lowest BCUT2D eigenvalue weighted by molar-refractivity contribution is -0.0249. The molecule has 0 saturated carbocycles. The van der Waals surface area contributed by atoms with Crippen molar-refractivity contribution in [2.75, 3.05) is 19.7 Å². The normalized spacial score (nSPS) is 18.0. The van der Waals surface area contributed by atoms with Crippen molar-refractivity contribution in [3.63, 3.8) is 0 Å². The Labute approximate surface area is 141 Å². The van der Waals surface area contributed by atoms with E-state index in [0.29, 0.717) is 25.3 Å². The standard InChI is InChI=1S/C17H23N5O2/c1-4-7-22-13(3)16(12(2)20-22)17(23)21-8-9-24-15(11-21)14-10-18-5-6-19-14/h5-6,10,15H,4,7-9,11H2,1-3H3/t15-/m0/s1. The van der Waals surface area contributed by atoms with E-state index in [0.717, 1.165) is 30.0 Å². The molecule has 24 heavy (non-hydrogen) atoms. The fraction of sp³-hybridized carbons (Fsp3) is 0.529. The molecule has 0 N–H and O–H groups in total. The molecule has 0 radical (unpaired) electrons. The monoisotopic (exact) mass is 329 g/mol. The Hall–Kier alpha value is -2.28. The van der Waals surface area contributed by atoms with Crippen molar-refractivity contribution in [2.24, 2.45) is 0 Å². The van der Waals surface area contributed by atoms with Gasteiger partial charge in [-0.2, -0.15) is 5.10 Å². The number of aromatic nitrogens is 4. The summed E-state index contributed by atoms with van der Waals surface area (Å²) in [6.07, 6.45) is 5.71. The van der Waals surface area contributed by atoms with E-state index in [4.69, 9.17) is 4.74 Å². The summed E-state index contributed by atoms with van der Waals surface area (Å²) >= 11 is 0. The van der Waals surface area contributed by atoms with E-state index in [1.54, 1.807) is 18.6 Å². The van der Waals surface area contributed by atoms with Gasteiger partial charge in [0.25, 0.3) is 5.91 Å². The highest BCUT2D eigenvalue weighted by Crippen LogP contribution is 2.23. The second-order valence-electron chi connectivity index (χ2n) is 6.01. The van der Waals surface area contributed by atoms with Gasteiger partial charge in [-0.05, 0) is 20.3 Å². The molecule has 3 rings (SSSR count). The molecule has 1 aliphatic rings. The Balaban J connectivity index is 1.80. The quantitative estimate of drug-likeness (QED) is 0.857. The van der Waals surface area contributed by atoms with Crippen molar-refractivity contribution in [1.82, 2.24) is 24.6 Å². The third-order valence-electron chi connectivity index (χ3n) is 4.30. The van der Waals surface area contributed by atoms with E-state index in [2.05, 4.69) is 22.0 Å². The zero-order chi connectivity index (χ0) is 17.1. The number of ether oxygens (including phenoxy) is 1. The molecule has 0 aliphatic carbocycles. The molecule has 7 nitrogen and oxygen atoms in total. The molecule has 2 aromatic heterocycles. The first-order valence-electron chi connectivity index (χ1n) is 8.32. The van der Waals surface area contributed by atoms with Gasteiger partial charge >= 0.3 is 0 Å². The van der Waals surface area contributed by atoms with E-state index >= 15 is 0 Å². The smallest absolute Gasteiger partial charge is 0.257 e. The Morgan fingerprint density at radius 1 is 1.38 bits per heavy atom. The third kappa shape index (κ3) is 3.17. The van der Waals surface area contributed by atoms with Crippen LogP contribution in [0.15, 0.2) is 18.6 Å². The second-order valence-corrected chi connectivity index (χ2v) is 6.01. The lowest BCUT2D eigenvalue weighted by atomic mass is 10.1. The van der Waals surface area contributed by atoms with Crippen molar-refractivity contribution >= 4 is 5.91 Å². The summed E-state index contributed by atoms with van der Waals surface area (Å²) in [4.78, 5) is 23.2. The van der Waals surface area contributed by atoms with Crippen LogP contribution in [0.5, 0.6) is 0 Å². The van der Waals surface area contributed by atoms with Crippen LogP contribution in [0.2, 0.25) is 0 Å². The van der Waals surface area contributed by atoms with E-state index < -0.39 is 0 Å². The zero-order valence-corrected chi connectivity index (χ0v) is 14.4. The number of morpholine rings is 1. The number of rotatable bonds is 4. The number of aryl methyl sites for hydroxylation is 2. The molecule has 2 aromatic rings. The number of carbonyl (C=O) groups excluding carboxylic acids is 1. The van der Waals surface area contributed by atoms with E-state index in [-0.39, 0.29) is 12.0 Å². The average Bonchev–Trinajstić information content (AvgIpc) is 2.89. The maximum absolute atomic E-state index is 13.0. The minimum Gasteiger partial charge on any atom is -0.368 e. The molecule has 1 atom stereocenters. The molecular formula is C17H23N5O2. The fourth-order valence-corrected chi connectivity index (χ4v) is 3.08. The van der Waals surface area contributed by atoms with Gasteiger partial charge in [0, 0.05) is 31.2 Å². The van der Waals surface area contributed by atoms with Crippen molar-refractivity contribution < 1.29 is 9.53 Å². The first-order valence-corrected chi connectivity index (χ1v) is 8.32. The molecule has 1 amide bonds. The molecule has 0 aromatic carbocycles. The molecule has 1 aliphatic heterocycles. The molecule has 1 saturated heterocycles. The minimum atomic E-state index is -0.234. The molecule has 0 unspecified atom stereocenters. The van der Waals surface area contributed by atoms with Crippen LogP contribution in [0.3, 0.4) is 0 Å². The van der Waals surface area contributed by atoms with Crippen LogP contribution in [-0.2, 0) is 11.3 Å². The van der Waals surface area contributed by atoms with E-state index in [1.807, 2.05) is 23.4 Å². The maximum Gasteiger partial charge on any atom is 0.257 e. The summed E-state index contributed by atoms with van der Waals surface area (Å²) in [5.41, 5.74) is 3.18. The second kappa shape index (κ2) is 7.09. The van der Waals surface area contributed by atoms with Crippen molar-refractivity contribution in [1.29, 1.82) is 0 Å². The van der Waals surface area contributed by atoms with E-state index in [9.17, 15) is 4.79 Å². The highest BCUT2D eigenvalue weighted by atomic mass is 16.5. The number of nitrogens with zero attached hydrogens (tertiary/aromatic N) is 5. The minimum absolute atomic E-state index is 0.0181. The van der Waals surface area contributed by atoms with E-state index in [1.165, 1.54) is 0 Å². The summed E-state index contributed by atoms with van der Waals surface area (Å²) in [6, 6.07) is 0. The van der Waals surface area contributed by atoms with Crippen LogP contribution in [0, 0.1) is 13.8 Å². The summed E-state index contributed by atoms with van der Waals surface area (Å²) in [7, 11) is 0. The van der Waals surface area contributed by atoms with Crippen molar-refractivity contribution in [3.05, 3.63) is 41.2 Å². The molecule has 1 fully saturated rings. The van der Waals surface area contributed by atoms with Crippen LogP contribution in [0.1, 0.15) is 46.9 Å². The van der Waals surface area contributed by atoms with Crippen LogP contribution in [0.25, 0.3) is 0 Å². The Morgan fingerprint density at radius 3 is 2.92 bits per heavy atom. The maximum atomic E-state index is 13.0. The van der Waals surface area contributed by atoms with Gasteiger partial charge in [-0.15, -0.1) is 0 Å². The van der Waals surface area contributed by atoms with Gasteiger partial charge in [-0.1, -0.05) is 6.92 Å². The highest BCUT2D eigenvalue weighted by Gasteiger charge is 2.30. The summed E-state index contributed by atoms with van der Waals surface area (Å²) in [5, 5.41) is 4.51. The van der Waals surface area contributed by atoms with Crippen molar-refractivity contribution in [2.45, 2.75) is 39.8 Å². The largest absolute Gasteiger partial charge is 0.368 e. The lowest BCUT2D eigenvalue weighted by Gasteiger charge is -2.32.